The van der Waals surface area contributed by atoms with E-state index in [0.29, 0.717) is 18.0 Å². The highest BCUT2D eigenvalue weighted by molar-refractivity contribution is 5.86. The summed E-state index contributed by atoms with van der Waals surface area (Å²) >= 11 is 0. The quantitative estimate of drug-likeness (QED) is 0.779. The second-order valence-electron chi connectivity index (χ2n) is 6.80. The van der Waals surface area contributed by atoms with Crippen LogP contribution >= 0.6 is 0 Å². The number of hydrogen-bond acceptors (Lipinski definition) is 5. The third kappa shape index (κ3) is 3.65. The summed E-state index contributed by atoms with van der Waals surface area (Å²) in [6.07, 6.45) is 3.89. The maximum atomic E-state index is 13.9. The molecule has 6 heteroatoms. The van der Waals surface area contributed by atoms with E-state index < -0.39 is 0 Å². The number of benzene rings is 1. The minimum absolute atomic E-state index is 0.133. The van der Waals surface area contributed by atoms with Crippen LogP contribution in [0.15, 0.2) is 42.6 Å². The summed E-state index contributed by atoms with van der Waals surface area (Å²) in [4.78, 5) is 15.6. The number of nitrogens with zero attached hydrogens (tertiary/aromatic N) is 4. The summed E-state index contributed by atoms with van der Waals surface area (Å²) in [5.41, 5.74) is 1.46. The van der Waals surface area contributed by atoms with Gasteiger partial charge in [0.15, 0.2) is 5.65 Å². The molecule has 1 saturated heterocycles. The van der Waals surface area contributed by atoms with Gasteiger partial charge in [-0.25, -0.2) is 19.3 Å². The van der Waals surface area contributed by atoms with Gasteiger partial charge in [0.1, 0.15) is 17.5 Å². The molecule has 5 nitrogen and oxygen atoms in total. The number of aryl methyl sites for hydroxylation is 1. The van der Waals surface area contributed by atoms with Crippen molar-refractivity contribution >= 4 is 16.9 Å². The zero-order valence-electron chi connectivity index (χ0n) is 14.8. The molecule has 134 valence electrons. The minimum Gasteiger partial charge on any atom is -0.365 e. The SMILES string of the molecule is Cc1nc(N[C@H]2CCCN(Cc3ccccc3F)C2)c2cccnc2n1. The molecule has 0 saturated carbocycles. The van der Waals surface area contributed by atoms with Crippen LogP contribution in [0, 0.1) is 12.7 Å². The molecule has 4 rings (SSSR count). The van der Waals surface area contributed by atoms with Crippen molar-refractivity contribution in [2.75, 3.05) is 18.4 Å². The average molecular weight is 351 g/mol. The van der Waals surface area contributed by atoms with Crippen LogP contribution in [0.1, 0.15) is 24.2 Å². The van der Waals surface area contributed by atoms with E-state index in [1.54, 1.807) is 12.3 Å². The van der Waals surface area contributed by atoms with Crippen molar-refractivity contribution in [3.8, 4) is 0 Å². The van der Waals surface area contributed by atoms with Crippen molar-refractivity contribution in [1.29, 1.82) is 0 Å². The highest BCUT2D eigenvalue weighted by atomic mass is 19.1. The molecule has 0 radical (unpaired) electrons. The van der Waals surface area contributed by atoms with Crippen molar-refractivity contribution < 1.29 is 4.39 Å². The predicted octanol–water partition coefficient (Wildman–Crippen LogP) is 3.55. The first-order valence-electron chi connectivity index (χ1n) is 9.01. The fourth-order valence-electron chi connectivity index (χ4n) is 3.56. The highest BCUT2D eigenvalue weighted by Crippen LogP contribution is 2.22. The number of piperidine rings is 1. The fourth-order valence-corrected chi connectivity index (χ4v) is 3.56. The Hall–Kier alpha value is -2.60. The fraction of sp³-hybridized carbons (Fsp3) is 0.350. The van der Waals surface area contributed by atoms with E-state index in [4.69, 9.17) is 0 Å². The highest BCUT2D eigenvalue weighted by Gasteiger charge is 2.22. The van der Waals surface area contributed by atoms with Gasteiger partial charge in [0.05, 0.1) is 5.39 Å². The second kappa shape index (κ2) is 7.33. The van der Waals surface area contributed by atoms with Gasteiger partial charge in [-0.1, -0.05) is 18.2 Å². The molecule has 1 aliphatic rings. The third-order valence-corrected chi connectivity index (χ3v) is 4.78. The average Bonchev–Trinajstić information content (AvgIpc) is 2.64. The second-order valence-corrected chi connectivity index (χ2v) is 6.80. The molecule has 3 heterocycles. The zero-order chi connectivity index (χ0) is 17.9. The molecule has 0 spiro atoms. The molecule has 2 aromatic heterocycles. The van der Waals surface area contributed by atoms with Crippen molar-refractivity contribution in [3.05, 3.63) is 59.8 Å². The van der Waals surface area contributed by atoms with E-state index in [9.17, 15) is 4.39 Å². The van der Waals surface area contributed by atoms with Crippen LogP contribution in [-0.4, -0.2) is 39.0 Å². The van der Waals surface area contributed by atoms with E-state index in [-0.39, 0.29) is 11.9 Å². The van der Waals surface area contributed by atoms with Gasteiger partial charge in [0, 0.05) is 30.9 Å². The van der Waals surface area contributed by atoms with E-state index >= 15 is 0 Å². The topological polar surface area (TPSA) is 53.9 Å². The van der Waals surface area contributed by atoms with E-state index in [1.165, 1.54) is 6.07 Å². The number of halogens is 1. The Labute approximate surface area is 152 Å². The van der Waals surface area contributed by atoms with Crippen molar-refractivity contribution in [3.63, 3.8) is 0 Å². The first kappa shape index (κ1) is 16.8. The summed E-state index contributed by atoms with van der Waals surface area (Å²) in [6, 6.07) is 11.2. The van der Waals surface area contributed by atoms with Crippen LogP contribution in [0.3, 0.4) is 0 Å². The van der Waals surface area contributed by atoms with Crippen LogP contribution in [0.25, 0.3) is 11.0 Å². The summed E-state index contributed by atoms with van der Waals surface area (Å²) in [6.45, 7) is 4.36. The Morgan fingerprint density at radius 1 is 1.19 bits per heavy atom. The monoisotopic (exact) mass is 351 g/mol. The Kier molecular flexibility index (Phi) is 4.75. The Morgan fingerprint density at radius 3 is 2.96 bits per heavy atom. The number of fused-ring (bicyclic) bond motifs is 1. The van der Waals surface area contributed by atoms with Crippen molar-refractivity contribution in [2.24, 2.45) is 0 Å². The van der Waals surface area contributed by atoms with Gasteiger partial charge in [-0.3, -0.25) is 4.90 Å². The largest absolute Gasteiger partial charge is 0.365 e. The number of anilines is 1. The molecule has 0 aliphatic carbocycles. The first-order valence-corrected chi connectivity index (χ1v) is 9.01. The number of likely N-dealkylation sites (tertiary alicyclic amines) is 1. The number of nitrogens with one attached hydrogen (secondary N) is 1. The molecule has 1 N–H and O–H groups in total. The smallest absolute Gasteiger partial charge is 0.164 e. The van der Waals surface area contributed by atoms with Crippen LogP contribution in [-0.2, 0) is 6.54 Å². The molecule has 1 aliphatic heterocycles. The van der Waals surface area contributed by atoms with E-state index in [0.717, 1.165) is 42.7 Å². The Balaban J connectivity index is 1.50. The number of pyridine rings is 1. The molecule has 0 amide bonds. The molecule has 26 heavy (non-hydrogen) atoms. The normalized spacial score (nSPS) is 18.2. The van der Waals surface area contributed by atoms with Gasteiger partial charge >= 0.3 is 0 Å². The summed E-state index contributed by atoms with van der Waals surface area (Å²) in [7, 11) is 0. The lowest BCUT2D eigenvalue weighted by molar-refractivity contribution is 0.206. The molecule has 3 aromatic rings. The molecule has 1 fully saturated rings. The summed E-state index contributed by atoms with van der Waals surface area (Å²) in [5.74, 6) is 1.40. The lowest BCUT2D eigenvalue weighted by Crippen LogP contribution is -2.42. The van der Waals surface area contributed by atoms with Crippen LogP contribution in [0.5, 0.6) is 0 Å². The van der Waals surface area contributed by atoms with Crippen molar-refractivity contribution in [1.82, 2.24) is 19.9 Å². The Bertz CT molecular complexity index is 914. The van der Waals surface area contributed by atoms with Crippen LogP contribution < -0.4 is 5.32 Å². The predicted molar refractivity (Wildman–Crippen MR) is 100 cm³/mol. The van der Waals surface area contributed by atoms with Gasteiger partial charge in [-0.15, -0.1) is 0 Å². The molecule has 0 unspecified atom stereocenters. The number of rotatable bonds is 4. The van der Waals surface area contributed by atoms with Gasteiger partial charge in [0.25, 0.3) is 0 Å². The maximum absolute atomic E-state index is 13.9. The van der Waals surface area contributed by atoms with Gasteiger partial charge < -0.3 is 5.32 Å². The summed E-state index contributed by atoms with van der Waals surface area (Å²) < 4.78 is 13.9. The lowest BCUT2D eigenvalue weighted by atomic mass is 10.0. The van der Waals surface area contributed by atoms with Crippen LogP contribution in [0.2, 0.25) is 0 Å². The molecule has 1 atom stereocenters. The maximum Gasteiger partial charge on any atom is 0.164 e. The molecular formula is C20H22FN5. The zero-order valence-corrected chi connectivity index (χ0v) is 14.8. The third-order valence-electron chi connectivity index (χ3n) is 4.78. The first-order chi connectivity index (χ1) is 12.7. The number of hydrogen-bond donors (Lipinski definition) is 1. The van der Waals surface area contributed by atoms with Crippen LogP contribution in [0.4, 0.5) is 10.2 Å². The lowest BCUT2D eigenvalue weighted by Gasteiger charge is -2.33. The van der Waals surface area contributed by atoms with E-state index in [2.05, 4.69) is 25.2 Å². The van der Waals surface area contributed by atoms with Gasteiger partial charge in [0.2, 0.25) is 0 Å². The molecular weight excluding hydrogens is 329 g/mol. The standard InChI is InChI=1S/C20H22FN5/c1-14-23-19-17(8-4-10-22-19)20(24-14)25-16-7-5-11-26(13-16)12-15-6-2-3-9-18(15)21/h2-4,6,8-10,16H,5,7,11-13H2,1H3,(H,22,23,24,25)/t16-/m0/s1. The minimum atomic E-state index is -0.133. The van der Waals surface area contributed by atoms with Gasteiger partial charge in [-0.2, -0.15) is 0 Å². The molecule has 1 aromatic carbocycles. The number of aromatic nitrogens is 3. The van der Waals surface area contributed by atoms with E-state index in [1.807, 2.05) is 31.2 Å². The molecule has 0 bridgehead atoms. The summed E-state index contributed by atoms with van der Waals surface area (Å²) in [5, 5.41) is 4.50. The van der Waals surface area contributed by atoms with Gasteiger partial charge in [-0.05, 0) is 44.5 Å². The van der Waals surface area contributed by atoms with Crippen molar-refractivity contribution in [2.45, 2.75) is 32.4 Å². The Morgan fingerprint density at radius 2 is 2.08 bits per heavy atom.